The summed E-state index contributed by atoms with van der Waals surface area (Å²) in [5.74, 6) is -0.796. The fourth-order valence-electron chi connectivity index (χ4n) is 1.65. The van der Waals surface area contributed by atoms with Crippen LogP contribution < -0.4 is 16.4 Å². The quantitative estimate of drug-likeness (QED) is 0.599. The molecule has 6 heteroatoms. The molecule has 100 valence electrons. The zero-order chi connectivity index (χ0) is 13.7. The van der Waals surface area contributed by atoms with E-state index in [4.69, 9.17) is 11.5 Å². The molecule has 0 unspecified atom stereocenters. The third-order valence-electron chi connectivity index (χ3n) is 2.54. The number of anilines is 2. The number of primary amides is 1. The smallest absolute Gasteiger partial charge is 0.236 e. The molecule has 0 bridgehead atoms. The number of hydrogen-bond acceptors (Lipinski definition) is 3. The van der Waals surface area contributed by atoms with Crippen molar-refractivity contribution in [3.8, 4) is 0 Å². The summed E-state index contributed by atoms with van der Waals surface area (Å²) in [5.41, 5.74) is 12.1. The predicted octanol–water partition coefficient (Wildman–Crippen LogP) is 2.10. The fourth-order valence-corrected chi connectivity index (χ4v) is 2.14. The van der Waals surface area contributed by atoms with Crippen molar-refractivity contribution in [1.29, 1.82) is 0 Å². The van der Waals surface area contributed by atoms with Crippen molar-refractivity contribution in [1.82, 2.24) is 0 Å². The standard InChI is InChI=1S/C12H17FIN3O/c1-2-3-4-17(7-12(16)18)11-5-8(13)9(14)6-10(11)15/h5-6H,2-4,7,15H2,1H3,(H2,16,18). The highest BCUT2D eigenvalue weighted by atomic mass is 127. The number of nitrogens with zero attached hydrogens (tertiary/aromatic N) is 1. The number of carbonyl (C=O) groups excluding carboxylic acids is 1. The topological polar surface area (TPSA) is 72.3 Å². The molecule has 1 amide bonds. The van der Waals surface area contributed by atoms with Gasteiger partial charge in [-0.25, -0.2) is 4.39 Å². The number of nitrogens with two attached hydrogens (primary N) is 2. The van der Waals surface area contributed by atoms with E-state index in [0.717, 1.165) is 12.8 Å². The largest absolute Gasteiger partial charge is 0.397 e. The Morgan fingerprint density at radius 2 is 2.17 bits per heavy atom. The summed E-state index contributed by atoms with van der Waals surface area (Å²) in [6.07, 6.45) is 1.86. The van der Waals surface area contributed by atoms with Crippen molar-refractivity contribution in [3.63, 3.8) is 0 Å². The molecular weight excluding hydrogens is 348 g/mol. The second kappa shape index (κ2) is 6.77. The van der Waals surface area contributed by atoms with E-state index in [-0.39, 0.29) is 12.4 Å². The average molecular weight is 365 g/mol. The zero-order valence-corrected chi connectivity index (χ0v) is 12.4. The Labute approximate surface area is 120 Å². The van der Waals surface area contributed by atoms with Crippen molar-refractivity contribution >= 4 is 39.9 Å². The number of amides is 1. The fraction of sp³-hybridized carbons (Fsp3) is 0.417. The molecule has 1 aromatic rings. The van der Waals surface area contributed by atoms with Gasteiger partial charge in [0, 0.05) is 12.6 Å². The molecule has 0 aromatic heterocycles. The lowest BCUT2D eigenvalue weighted by Crippen LogP contribution is -2.35. The van der Waals surface area contributed by atoms with E-state index in [2.05, 4.69) is 0 Å². The number of rotatable bonds is 6. The van der Waals surface area contributed by atoms with Crippen LogP contribution in [-0.4, -0.2) is 19.0 Å². The summed E-state index contributed by atoms with van der Waals surface area (Å²) in [6.45, 7) is 2.72. The molecule has 1 rings (SSSR count). The molecule has 4 nitrogen and oxygen atoms in total. The minimum absolute atomic E-state index is 0.0459. The Hall–Kier alpha value is -1.05. The summed E-state index contributed by atoms with van der Waals surface area (Å²) >= 11 is 1.88. The van der Waals surface area contributed by atoms with Gasteiger partial charge in [0.1, 0.15) is 5.82 Å². The van der Waals surface area contributed by atoms with Gasteiger partial charge in [0.05, 0.1) is 21.5 Å². The third-order valence-corrected chi connectivity index (χ3v) is 3.37. The lowest BCUT2D eigenvalue weighted by Gasteiger charge is -2.25. The van der Waals surface area contributed by atoms with Gasteiger partial charge in [-0.1, -0.05) is 13.3 Å². The monoisotopic (exact) mass is 365 g/mol. The van der Waals surface area contributed by atoms with Gasteiger partial charge in [0.15, 0.2) is 0 Å². The van der Waals surface area contributed by atoms with E-state index >= 15 is 0 Å². The average Bonchev–Trinajstić information content (AvgIpc) is 2.29. The number of benzene rings is 1. The van der Waals surface area contributed by atoms with Crippen LogP contribution in [0.3, 0.4) is 0 Å². The van der Waals surface area contributed by atoms with Crippen LogP contribution in [0.25, 0.3) is 0 Å². The van der Waals surface area contributed by atoms with Gasteiger partial charge in [-0.05, 0) is 35.1 Å². The summed E-state index contributed by atoms with van der Waals surface area (Å²) < 4.78 is 14.0. The van der Waals surface area contributed by atoms with Gasteiger partial charge >= 0.3 is 0 Å². The number of carbonyl (C=O) groups is 1. The normalized spacial score (nSPS) is 10.4. The maximum atomic E-state index is 13.6. The Morgan fingerprint density at radius 1 is 1.50 bits per heavy atom. The molecule has 0 aliphatic heterocycles. The van der Waals surface area contributed by atoms with Crippen molar-refractivity contribution in [2.45, 2.75) is 19.8 Å². The van der Waals surface area contributed by atoms with Gasteiger partial charge in [-0.2, -0.15) is 0 Å². The van der Waals surface area contributed by atoms with Gasteiger partial charge < -0.3 is 16.4 Å². The minimum atomic E-state index is -0.454. The maximum absolute atomic E-state index is 13.6. The zero-order valence-electron chi connectivity index (χ0n) is 10.2. The van der Waals surface area contributed by atoms with E-state index < -0.39 is 5.91 Å². The molecule has 0 aliphatic carbocycles. The van der Waals surface area contributed by atoms with Crippen molar-refractivity contribution in [2.75, 3.05) is 23.7 Å². The molecule has 0 fully saturated rings. The molecule has 0 heterocycles. The molecule has 0 saturated heterocycles. The van der Waals surface area contributed by atoms with E-state index in [1.54, 1.807) is 11.0 Å². The molecule has 4 N–H and O–H groups in total. The Bertz CT molecular complexity index is 440. The first kappa shape index (κ1) is 15.0. The summed E-state index contributed by atoms with van der Waals surface area (Å²) in [4.78, 5) is 12.8. The molecule has 0 spiro atoms. The van der Waals surface area contributed by atoms with E-state index in [1.165, 1.54) is 6.07 Å². The van der Waals surface area contributed by atoms with Crippen LogP contribution in [0.5, 0.6) is 0 Å². The Balaban J connectivity index is 3.03. The maximum Gasteiger partial charge on any atom is 0.236 e. The number of nitrogen functional groups attached to an aromatic ring is 1. The van der Waals surface area contributed by atoms with E-state index in [1.807, 2.05) is 29.5 Å². The SMILES string of the molecule is CCCCN(CC(N)=O)c1cc(F)c(I)cc1N. The number of unbranched alkanes of at least 4 members (excludes halogenated alkanes) is 1. The highest BCUT2D eigenvalue weighted by Gasteiger charge is 2.14. The minimum Gasteiger partial charge on any atom is -0.397 e. The molecule has 1 aromatic carbocycles. The van der Waals surface area contributed by atoms with Crippen LogP contribution >= 0.6 is 22.6 Å². The van der Waals surface area contributed by atoms with Gasteiger partial charge in [-0.3, -0.25) is 4.79 Å². The summed E-state index contributed by atoms with van der Waals surface area (Å²) in [6, 6.07) is 2.92. The first-order valence-electron chi connectivity index (χ1n) is 5.73. The molecule has 0 radical (unpaired) electrons. The summed E-state index contributed by atoms with van der Waals surface area (Å²) in [7, 11) is 0. The van der Waals surface area contributed by atoms with Gasteiger partial charge in [-0.15, -0.1) is 0 Å². The molecule has 0 saturated carbocycles. The molecule has 18 heavy (non-hydrogen) atoms. The van der Waals surface area contributed by atoms with E-state index in [9.17, 15) is 9.18 Å². The molecule has 0 atom stereocenters. The highest BCUT2D eigenvalue weighted by molar-refractivity contribution is 14.1. The highest BCUT2D eigenvalue weighted by Crippen LogP contribution is 2.27. The van der Waals surface area contributed by atoms with Crippen LogP contribution in [0.2, 0.25) is 0 Å². The van der Waals surface area contributed by atoms with Crippen molar-refractivity contribution in [3.05, 3.63) is 21.5 Å². The second-order valence-electron chi connectivity index (χ2n) is 4.07. The van der Waals surface area contributed by atoms with Crippen molar-refractivity contribution < 1.29 is 9.18 Å². The number of halogens is 2. The third kappa shape index (κ3) is 4.01. The second-order valence-corrected chi connectivity index (χ2v) is 5.23. The Morgan fingerprint density at radius 3 is 2.72 bits per heavy atom. The first-order valence-corrected chi connectivity index (χ1v) is 6.81. The van der Waals surface area contributed by atoms with Crippen LogP contribution in [0.4, 0.5) is 15.8 Å². The predicted molar refractivity (Wildman–Crippen MR) is 79.8 cm³/mol. The first-order chi connectivity index (χ1) is 8.45. The van der Waals surface area contributed by atoms with Crippen LogP contribution in [0, 0.1) is 9.39 Å². The van der Waals surface area contributed by atoms with Crippen molar-refractivity contribution in [2.24, 2.45) is 5.73 Å². The lowest BCUT2D eigenvalue weighted by atomic mass is 10.2. The Kier molecular flexibility index (Phi) is 5.64. The molecular formula is C12H17FIN3O. The number of hydrogen-bond donors (Lipinski definition) is 2. The van der Waals surface area contributed by atoms with Crippen LogP contribution in [-0.2, 0) is 4.79 Å². The lowest BCUT2D eigenvalue weighted by molar-refractivity contribution is -0.116. The van der Waals surface area contributed by atoms with Gasteiger partial charge in [0.25, 0.3) is 0 Å². The van der Waals surface area contributed by atoms with Crippen LogP contribution in [0.15, 0.2) is 12.1 Å². The van der Waals surface area contributed by atoms with Gasteiger partial charge in [0.2, 0.25) is 5.91 Å². The molecule has 0 aliphatic rings. The summed E-state index contributed by atoms with van der Waals surface area (Å²) in [5, 5.41) is 0. The van der Waals surface area contributed by atoms with Crippen LogP contribution in [0.1, 0.15) is 19.8 Å². The van der Waals surface area contributed by atoms with E-state index in [0.29, 0.717) is 21.5 Å².